The molecule has 12 nitrogen and oxygen atoms in total. The number of anilines is 2. The lowest BCUT2D eigenvalue weighted by Gasteiger charge is -2.37. The smallest absolute Gasteiger partial charge is 0.325 e. The van der Waals surface area contributed by atoms with Crippen LogP contribution in [0.4, 0.5) is 16.3 Å². The van der Waals surface area contributed by atoms with E-state index in [-0.39, 0.29) is 12.5 Å². The van der Waals surface area contributed by atoms with Crippen LogP contribution in [0, 0.1) is 0 Å². The fourth-order valence-corrected chi connectivity index (χ4v) is 4.27. The second-order valence-corrected chi connectivity index (χ2v) is 7.97. The number of ether oxygens (including phenoxy) is 1. The Morgan fingerprint density at radius 1 is 1.15 bits per heavy atom. The highest BCUT2D eigenvalue weighted by atomic mass is 16.5. The summed E-state index contributed by atoms with van der Waals surface area (Å²) in [6, 6.07) is 6.23. The van der Waals surface area contributed by atoms with Crippen molar-refractivity contribution in [2.45, 2.75) is 18.4 Å². The number of carbonyl (C=O) groups is 3. The Bertz CT molecular complexity index is 1220. The number of piperidine rings is 1. The average molecular weight is 450 g/mol. The molecule has 4 heterocycles. The van der Waals surface area contributed by atoms with Gasteiger partial charge in [-0.05, 0) is 37.1 Å². The minimum absolute atomic E-state index is 0.358. The summed E-state index contributed by atoms with van der Waals surface area (Å²) in [6.45, 7) is 0.648. The average Bonchev–Trinajstić information content (AvgIpc) is 3.39. The van der Waals surface area contributed by atoms with Crippen LogP contribution in [0.5, 0.6) is 5.75 Å². The Morgan fingerprint density at radius 2 is 1.91 bits per heavy atom. The van der Waals surface area contributed by atoms with Crippen molar-refractivity contribution in [2.24, 2.45) is 0 Å². The molecule has 2 aromatic heterocycles. The van der Waals surface area contributed by atoms with Crippen LogP contribution in [0.15, 0.2) is 36.9 Å². The molecule has 0 saturated carbocycles. The molecule has 3 N–H and O–H groups in total. The number of fused-ring (bicyclic) bond motifs is 1. The van der Waals surface area contributed by atoms with Crippen molar-refractivity contribution in [1.29, 1.82) is 0 Å². The quantitative estimate of drug-likeness (QED) is 0.486. The number of carbonyl (C=O) groups excluding carboxylic acids is 3. The number of imidazole rings is 1. The minimum Gasteiger partial charge on any atom is -0.497 e. The molecule has 2 aliphatic rings. The Balaban J connectivity index is 1.24. The van der Waals surface area contributed by atoms with Crippen LogP contribution < -0.4 is 20.3 Å². The Labute approximate surface area is 188 Å². The first-order valence-corrected chi connectivity index (χ1v) is 10.5. The number of benzene rings is 1. The number of H-pyrrole nitrogens is 1. The fraction of sp³-hybridized carbons (Fsp3) is 0.333. The zero-order chi connectivity index (χ0) is 23.0. The molecule has 170 valence electrons. The van der Waals surface area contributed by atoms with E-state index in [1.54, 1.807) is 37.7 Å². The van der Waals surface area contributed by atoms with Crippen molar-refractivity contribution in [3.63, 3.8) is 0 Å². The number of rotatable bonds is 5. The van der Waals surface area contributed by atoms with Gasteiger partial charge in [0.05, 0.1) is 13.4 Å². The van der Waals surface area contributed by atoms with E-state index in [4.69, 9.17) is 4.74 Å². The number of nitrogens with zero attached hydrogens (tertiary/aromatic N) is 5. The third-order valence-electron chi connectivity index (χ3n) is 6.04. The third kappa shape index (κ3) is 3.69. The number of hydrogen-bond acceptors (Lipinski definition) is 8. The molecule has 0 atom stereocenters. The highest BCUT2D eigenvalue weighted by Gasteiger charge is 2.52. The molecule has 1 aromatic carbocycles. The van der Waals surface area contributed by atoms with Gasteiger partial charge in [0.1, 0.15) is 29.7 Å². The molecule has 2 fully saturated rings. The summed E-state index contributed by atoms with van der Waals surface area (Å²) < 4.78 is 5.09. The molecule has 1 spiro atoms. The zero-order valence-electron chi connectivity index (χ0n) is 17.9. The number of imide groups is 1. The van der Waals surface area contributed by atoms with Gasteiger partial charge in [-0.25, -0.2) is 19.7 Å². The number of nitrogens with one attached hydrogen (secondary N) is 3. The number of aromatic nitrogens is 4. The number of methoxy groups -OCH3 is 1. The first-order valence-electron chi connectivity index (χ1n) is 10.5. The first kappa shape index (κ1) is 20.7. The lowest BCUT2D eigenvalue weighted by atomic mass is 9.87. The predicted molar refractivity (Wildman–Crippen MR) is 118 cm³/mol. The van der Waals surface area contributed by atoms with E-state index in [2.05, 4.69) is 30.6 Å². The van der Waals surface area contributed by atoms with E-state index >= 15 is 0 Å². The van der Waals surface area contributed by atoms with E-state index in [9.17, 15) is 14.4 Å². The second-order valence-electron chi connectivity index (χ2n) is 7.97. The first-order chi connectivity index (χ1) is 16.0. The van der Waals surface area contributed by atoms with Crippen LogP contribution >= 0.6 is 0 Å². The van der Waals surface area contributed by atoms with E-state index in [0.29, 0.717) is 48.8 Å². The largest absolute Gasteiger partial charge is 0.497 e. The van der Waals surface area contributed by atoms with Crippen LogP contribution in [-0.4, -0.2) is 75.0 Å². The van der Waals surface area contributed by atoms with Crippen LogP contribution in [0.3, 0.4) is 0 Å². The molecule has 0 unspecified atom stereocenters. The summed E-state index contributed by atoms with van der Waals surface area (Å²) >= 11 is 0. The van der Waals surface area contributed by atoms with Gasteiger partial charge in [-0.15, -0.1) is 0 Å². The van der Waals surface area contributed by atoms with E-state index in [1.807, 2.05) is 4.90 Å². The predicted octanol–water partition coefficient (Wildman–Crippen LogP) is 0.891. The summed E-state index contributed by atoms with van der Waals surface area (Å²) in [5.74, 6) is 0.526. The molecule has 5 rings (SSSR count). The summed E-state index contributed by atoms with van der Waals surface area (Å²) in [5.41, 5.74) is 0.825. The Hall–Kier alpha value is -4.22. The molecular formula is C21H22N8O4. The van der Waals surface area contributed by atoms with Crippen LogP contribution in [-0.2, 0) is 9.59 Å². The van der Waals surface area contributed by atoms with Crippen LogP contribution in [0.2, 0.25) is 0 Å². The molecule has 3 aromatic rings. The van der Waals surface area contributed by atoms with Gasteiger partial charge in [0.25, 0.3) is 5.91 Å². The maximum Gasteiger partial charge on any atom is 0.325 e. The summed E-state index contributed by atoms with van der Waals surface area (Å²) in [4.78, 5) is 56.9. The van der Waals surface area contributed by atoms with Crippen molar-refractivity contribution < 1.29 is 19.1 Å². The maximum atomic E-state index is 13.2. The number of hydrogen-bond donors (Lipinski definition) is 3. The van der Waals surface area contributed by atoms with Gasteiger partial charge in [0.15, 0.2) is 11.5 Å². The van der Waals surface area contributed by atoms with E-state index < -0.39 is 17.5 Å². The van der Waals surface area contributed by atoms with Gasteiger partial charge in [-0.1, -0.05) is 0 Å². The highest BCUT2D eigenvalue weighted by Crippen LogP contribution is 2.32. The Kier molecular flexibility index (Phi) is 5.04. The normalized spacial score (nSPS) is 17.5. The maximum absolute atomic E-state index is 13.2. The van der Waals surface area contributed by atoms with Gasteiger partial charge >= 0.3 is 6.03 Å². The van der Waals surface area contributed by atoms with Crippen molar-refractivity contribution in [3.05, 3.63) is 36.9 Å². The fourth-order valence-electron chi connectivity index (χ4n) is 4.27. The van der Waals surface area contributed by atoms with Crippen LogP contribution in [0.25, 0.3) is 11.2 Å². The van der Waals surface area contributed by atoms with Crippen molar-refractivity contribution in [3.8, 4) is 5.75 Å². The van der Waals surface area contributed by atoms with Crippen molar-refractivity contribution in [1.82, 2.24) is 30.2 Å². The molecule has 0 bridgehead atoms. The molecule has 4 amide bonds. The lowest BCUT2D eigenvalue weighted by molar-refractivity contribution is -0.134. The van der Waals surface area contributed by atoms with Gasteiger partial charge < -0.3 is 25.3 Å². The summed E-state index contributed by atoms with van der Waals surface area (Å²) in [6.07, 6.45) is 3.81. The standard InChI is InChI=1S/C21H22N8O4/c1-33-14-4-2-13(3-5-14)26-15(30)10-29-19(31)21(27-20(29)32)6-8-28(9-7-21)18-16-17(23-11-22-16)24-12-25-18/h2-5,11-12H,6-10H2,1H3,(H,26,30)(H,27,32)(H,22,23,24,25). The third-order valence-corrected chi connectivity index (χ3v) is 6.04. The van der Waals surface area contributed by atoms with E-state index in [1.165, 1.54) is 6.33 Å². The van der Waals surface area contributed by atoms with Crippen molar-refractivity contribution >= 4 is 40.5 Å². The van der Waals surface area contributed by atoms with Crippen molar-refractivity contribution in [2.75, 3.05) is 37.0 Å². The number of aromatic amines is 1. The second kappa shape index (κ2) is 8.04. The van der Waals surface area contributed by atoms with E-state index in [0.717, 1.165) is 10.4 Å². The lowest BCUT2D eigenvalue weighted by Crippen LogP contribution is -2.55. The zero-order valence-corrected chi connectivity index (χ0v) is 17.9. The topological polar surface area (TPSA) is 145 Å². The SMILES string of the molecule is COc1ccc(NC(=O)CN2C(=O)NC3(CCN(c4ncnc5nc[nH]c45)CC3)C2=O)cc1. The van der Waals surface area contributed by atoms with Crippen LogP contribution in [0.1, 0.15) is 12.8 Å². The molecule has 2 saturated heterocycles. The summed E-state index contributed by atoms with van der Waals surface area (Å²) in [7, 11) is 1.55. The van der Waals surface area contributed by atoms with Gasteiger partial charge in [-0.2, -0.15) is 0 Å². The Morgan fingerprint density at radius 3 is 2.64 bits per heavy atom. The molecule has 0 radical (unpaired) electrons. The monoisotopic (exact) mass is 450 g/mol. The van der Waals surface area contributed by atoms with Gasteiger partial charge in [0, 0.05) is 18.8 Å². The molecule has 0 aliphatic carbocycles. The van der Waals surface area contributed by atoms with Gasteiger partial charge in [0.2, 0.25) is 5.91 Å². The number of amides is 4. The minimum atomic E-state index is -1.02. The molecule has 2 aliphatic heterocycles. The number of urea groups is 1. The van der Waals surface area contributed by atoms with Gasteiger partial charge in [-0.3, -0.25) is 14.5 Å². The molecular weight excluding hydrogens is 428 g/mol. The summed E-state index contributed by atoms with van der Waals surface area (Å²) in [5, 5.41) is 5.51. The molecule has 12 heteroatoms. The highest BCUT2D eigenvalue weighted by molar-refractivity contribution is 6.10. The molecule has 33 heavy (non-hydrogen) atoms.